The van der Waals surface area contributed by atoms with Crippen LogP contribution in [-0.4, -0.2) is 76.6 Å². The highest BCUT2D eigenvalue weighted by Gasteiger charge is 2.25. The van der Waals surface area contributed by atoms with Crippen molar-refractivity contribution in [3.63, 3.8) is 0 Å². The van der Waals surface area contributed by atoms with Crippen molar-refractivity contribution in [3.8, 4) is 5.88 Å². The lowest BCUT2D eigenvalue weighted by Gasteiger charge is -2.26. The molecule has 1 atom stereocenters. The van der Waals surface area contributed by atoms with Gasteiger partial charge >= 0.3 is 0 Å². The summed E-state index contributed by atoms with van der Waals surface area (Å²) in [5, 5.41) is 21.9. The van der Waals surface area contributed by atoms with Crippen LogP contribution in [0.2, 0.25) is 0 Å². The van der Waals surface area contributed by atoms with Crippen molar-refractivity contribution >= 4 is 22.6 Å². The highest BCUT2D eigenvalue weighted by Crippen LogP contribution is 2.33. The molecule has 2 aliphatic rings. The Balaban J connectivity index is 1.57. The number of hydrogen-bond donors (Lipinski definition) is 3. The molecule has 1 aliphatic heterocycles. The summed E-state index contributed by atoms with van der Waals surface area (Å²) in [6, 6.07) is 5.76. The molecule has 9 heteroatoms. The number of piperidine rings is 1. The first-order valence-electron chi connectivity index (χ1n) is 10.8. The summed E-state index contributed by atoms with van der Waals surface area (Å²) in [5.74, 6) is 0.457. The average Bonchev–Trinajstić information content (AvgIpc) is 3.13. The molecule has 0 bridgehead atoms. The minimum atomic E-state index is -0.412. The summed E-state index contributed by atoms with van der Waals surface area (Å²) >= 11 is 0. The molecule has 1 aliphatic carbocycles. The zero-order valence-corrected chi connectivity index (χ0v) is 17.7. The number of pyridine rings is 1. The smallest absolute Gasteiger partial charge is 0.260 e. The Labute approximate surface area is 181 Å². The number of nitrogens with one attached hydrogen (secondary N) is 1. The van der Waals surface area contributed by atoms with Gasteiger partial charge < -0.3 is 20.3 Å². The lowest BCUT2D eigenvalue weighted by Crippen LogP contribution is -2.33. The Morgan fingerprint density at radius 2 is 2.06 bits per heavy atom. The number of nitrogens with two attached hydrogens (primary N) is 1. The molecule has 4 N–H and O–H groups in total. The molecule has 0 saturated carbocycles. The molecule has 9 nitrogen and oxygen atoms in total. The van der Waals surface area contributed by atoms with Crippen molar-refractivity contribution in [1.82, 2.24) is 14.5 Å². The number of aliphatic hydroxyl groups excluding tert-OH is 1. The second-order valence-electron chi connectivity index (χ2n) is 7.84. The summed E-state index contributed by atoms with van der Waals surface area (Å²) in [4.78, 5) is 7.19. The van der Waals surface area contributed by atoms with Crippen LogP contribution < -0.4 is 10.5 Å². The molecule has 1 saturated heterocycles. The standard InChI is InChI=1S/C22H30N6O3/c23-16-14-17(24)20(30-13-11-29)15-18(16)25-21-19-6-2-5-9-28(19)26-22(21)31-12-10-27-7-3-1-4-8-27/h2,5-6,9,14,20,23,29H,1,3-4,7-8,10-13,15,24H2. The molecule has 0 amide bonds. The van der Waals surface area contributed by atoms with Gasteiger partial charge in [-0.2, -0.15) is 0 Å². The first kappa shape index (κ1) is 21.5. The lowest BCUT2D eigenvalue weighted by atomic mass is 9.98. The van der Waals surface area contributed by atoms with Crippen LogP contribution in [0.5, 0.6) is 5.88 Å². The van der Waals surface area contributed by atoms with Crippen molar-refractivity contribution in [2.75, 3.05) is 39.5 Å². The largest absolute Gasteiger partial charge is 0.474 e. The first-order valence-corrected chi connectivity index (χ1v) is 10.8. The topological polar surface area (TPSA) is 121 Å². The van der Waals surface area contributed by atoms with Gasteiger partial charge in [0, 0.05) is 24.9 Å². The second kappa shape index (κ2) is 10.0. The van der Waals surface area contributed by atoms with Crippen molar-refractivity contribution < 1.29 is 14.6 Å². The minimum absolute atomic E-state index is 0.0866. The van der Waals surface area contributed by atoms with Gasteiger partial charge in [0.15, 0.2) is 5.69 Å². The van der Waals surface area contributed by atoms with Gasteiger partial charge in [-0.3, -0.25) is 10.3 Å². The van der Waals surface area contributed by atoms with Crippen molar-refractivity contribution in [3.05, 3.63) is 36.2 Å². The van der Waals surface area contributed by atoms with E-state index in [-0.39, 0.29) is 18.9 Å². The van der Waals surface area contributed by atoms with E-state index in [0.717, 1.165) is 25.2 Å². The minimum Gasteiger partial charge on any atom is -0.474 e. The number of hydrogen-bond acceptors (Lipinski definition) is 8. The quantitative estimate of drug-likeness (QED) is 0.593. The van der Waals surface area contributed by atoms with Gasteiger partial charge in [-0.15, -0.1) is 5.10 Å². The fraction of sp³-hybridized carbons (Fsp3) is 0.500. The number of aromatic nitrogens is 2. The molecule has 31 heavy (non-hydrogen) atoms. The molecule has 2 aromatic rings. The maximum absolute atomic E-state index is 9.05. The van der Waals surface area contributed by atoms with E-state index in [1.165, 1.54) is 19.3 Å². The molecule has 2 aromatic heterocycles. The summed E-state index contributed by atoms with van der Waals surface area (Å²) < 4.78 is 13.4. The molecule has 4 rings (SSSR count). The lowest BCUT2D eigenvalue weighted by molar-refractivity contribution is 0.0514. The normalized spacial score (nSPS) is 21.6. The highest BCUT2D eigenvalue weighted by molar-refractivity contribution is 6.46. The third kappa shape index (κ3) is 5.12. The van der Waals surface area contributed by atoms with E-state index >= 15 is 0 Å². The van der Waals surface area contributed by atoms with Gasteiger partial charge in [0.25, 0.3) is 5.88 Å². The molecule has 0 radical (unpaired) electrons. The van der Waals surface area contributed by atoms with Crippen molar-refractivity contribution in [2.24, 2.45) is 10.7 Å². The number of aliphatic imine (C=N–C) groups is 1. The summed E-state index contributed by atoms with van der Waals surface area (Å²) in [7, 11) is 0. The molecule has 166 valence electrons. The Hall–Kier alpha value is -2.75. The van der Waals surface area contributed by atoms with E-state index in [9.17, 15) is 0 Å². The molecule has 1 fully saturated rings. The van der Waals surface area contributed by atoms with E-state index in [0.29, 0.717) is 36.0 Å². The zero-order valence-electron chi connectivity index (χ0n) is 17.7. The van der Waals surface area contributed by atoms with Gasteiger partial charge in [-0.05, 0) is 44.1 Å². The van der Waals surface area contributed by atoms with Crippen molar-refractivity contribution in [2.45, 2.75) is 31.8 Å². The van der Waals surface area contributed by atoms with Gasteiger partial charge in [0.05, 0.1) is 30.2 Å². The van der Waals surface area contributed by atoms with E-state index in [1.807, 2.05) is 24.4 Å². The van der Waals surface area contributed by atoms with Gasteiger partial charge in [-0.25, -0.2) is 9.51 Å². The Bertz CT molecular complexity index is 977. The number of ether oxygens (including phenoxy) is 2. The molecule has 3 heterocycles. The number of nitrogens with zero attached hydrogens (tertiary/aromatic N) is 4. The van der Waals surface area contributed by atoms with Gasteiger partial charge in [0.1, 0.15) is 12.7 Å². The number of aliphatic hydroxyl groups is 1. The molecule has 0 spiro atoms. The van der Waals surface area contributed by atoms with Crippen LogP contribution in [-0.2, 0) is 4.74 Å². The van der Waals surface area contributed by atoms with Crippen LogP contribution >= 0.6 is 0 Å². The summed E-state index contributed by atoms with van der Waals surface area (Å²) in [6.07, 6.45) is 7.15. The fourth-order valence-electron chi connectivity index (χ4n) is 3.96. The predicted octanol–water partition coefficient (Wildman–Crippen LogP) is 1.92. The van der Waals surface area contributed by atoms with E-state index in [1.54, 1.807) is 10.6 Å². The number of likely N-dealkylation sites (tertiary alicyclic amines) is 1. The highest BCUT2D eigenvalue weighted by atomic mass is 16.5. The molecule has 1 unspecified atom stereocenters. The van der Waals surface area contributed by atoms with Crippen LogP contribution in [0.1, 0.15) is 25.7 Å². The van der Waals surface area contributed by atoms with Gasteiger partial charge in [0.2, 0.25) is 0 Å². The maximum atomic E-state index is 9.05. The monoisotopic (exact) mass is 426 g/mol. The first-order chi connectivity index (χ1) is 15.2. The number of fused-ring (bicyclic) bond motifs is 1. The van der Waals surface area contributed by atoms with Crippen molar-refractivity contribution in [1.29, 1.82) is 5.41 Å². The third-order valence-electron chi connectivity index (χ3n) is 5.61. The maximum Gasteiger partial charge on any atom is 0.260 e. The fourth-order valence-corrected chi connectivity index (χ4v) is 3.96. The van der Waals surface area contributed by atoms with E-state index in [4.69, 9.17) is 30.7 Å². The summed E-state index contributed by atoms with van der Waals surface area (Å²) in [5.41, 5.74) is 8.70. The Morgan fingerprint density at radius 3 is 2.87 bits per heavy atom. The molecular weight excluding hydrogens is 396 g/mol. The molecule has 0 aromatic carbocycles. The van der Waals surface area contributed by atoms with Crippen LogP contribution in [0.15, 0.2) is 41.2 Å². The number of allylic oxidation sites excluding steroid dienone is 1. The van der Waals surface area contributed by atoms with Gasteiger partial charge in [-0.1, -0.05) is 12.5 Å². The summed E-state index contributed by atoms with van der Waals surface area (Å²) in [6.45, 7) is 3.72. The third-order valence-corrected chi connectivity index (χ3v) is 5.61. The van der Waals surface area contributed by atoms with E-state index < -0.39 is 6.10 Å². The Kier molecular flexibility index (Phi) is 6.96. The van der Waals surface area contributed by atoms with E-state index in [2.05, 4.69) is 10.00 Å². The molecular formula is C22H30N6O3. The van der Waals surface area contributed by atoms with Crippen LogP contribution in [0.4, 0.5) is 5.69 Å². The van der Waals surface area contributed by atoms with Crippen LogP contribution in [0.25, 0.3) is 5.52 Å². The SMILES string of the molecule is N=C1C=C(N)C(OCCO)CC1=Nc1c(OCCN2CCCCC2)nn2ccccc12. The van der Waals surface area contributed by atoms with Crippen LogP contribution in [0.3, 0.4) is 0 Å². The Morgan fingerprint density at radius 1 is 1.23 bits per heavy atom. The zero-order chi connectivity index (χ0) is 21.6. The average molecular weight is 427 g/mol. The number of rotatable bonds is 8. The van der Waals surface area contributed by atoms with Crippen LogP contribution in [0, 0.1) is 5.41 Å². The predicted molar refractivity (Wildman–Crippen MR) is 120 cm³/mol. The second-order valence-corrected chi connectivity index (χ2v) is 7.84.